The van der Waals surface area contributed by atoms with Crippen LogP contribution in [0.2, 0.25) is 0 Å². The average Bonchev–Trinajstić information content (AvgIpc) is 3.07. The summed E-state index contributed by atoms with van der Waals surface area (Å²) < 4.78 is 5.22. The van der Waals surface area contributed by atoms with Crippen molar-refractivity contribution in [3.63, 3.8) is 0 Å². The van der Waals surface area contributed by atoms with Gasteiger partial charge in [0.25, 0.3) is 0 Å². The van der Waals surface area contributed by atoms with Crippen LogP contribution in [0.15, 0.2) is 5.38 Å². The van der Waals surface area contributed by atoms with E-state index < -0.39 is 11.7 Å². The highest BCUT2D eigenvalue weighted by Gasteiger charge is 2.26. The summed E-state index contributed by atoms with van der Waals surface area (Å²) in [5.41, 5.74) is 0.109. The van der Waals surface area contributed by atoms with Gasteiger partial charge in [-0.1, -0.05) is 0 Å². The van der Waals surface area contributed by atoms with Crippen molar-refractivity contribution >= 4 is 28.5 Å². The highest BCUT2D eigenvalue weighted by molar-refractivity contribution is 7.13. The fourth-order valence-electron chi connectivity index (χ4n) is 3.27. The normalized spacial score (nSPS) is 19.5. The van der Waals surface area contributed by atoms with Crippen molar-refractivity contribution in [3.05, 3.63) is 11.1 Å². The minimum Gasteiger partial charge on any atom is -0.444 e. The van der Waals surface area contributed by atoms with Crippen LogP contribution in [0.5, 0.6) is 0 Å². The zero-order chi connectivity index (χ0) is 20.1. The van der Waals surface area contributed by atoms with Crippen LogP contribution in [0.25, 0.3) is 0 Å². The molecule has 2 amide bonds. The van der Waals surface area contributed by atoms with Gasteiger partial charge in [-0.15, -0.1) is 11.3 Å². The highest BCUT2D eigenvalue weighted by atomic mass is 32.1. The van der Waals surface area contributed by atoms with Crippen LogP contribution in [-0.4, -0.2) is 89.9 Å². The van der Waals surface area contributed by atoms with Crippen LogP contribution in [-0.2, 0) is 16.0 Å². The van der Waals surface area contributed by atoms with Crippen LogP contribution in [0.1, 0.15) is 26.5 Å². The van der Waals surface area contributed by atoms with Gasteiger partial charge in [-0.25, -0.2) is 19.8 Å². The number of nitrogens with zero attached hydrogens (tertiary/aromatic N) is 4. The zero-order valence-electron chi connectivity index (χ0n) is 16.9. The van der Waals surface area contributed by atoms with E-state index in [1.54, 1.807) is 20.8 Å². The Morgan fingerprint density at radius 2 is 1.79 bits per heavy atom. The highest BCUT2D eigenvalue weighted by Crippen LogP contribution is 2.18. The number of anilines is 1. The summed E-state index contributed by atoms with van der Waals surface area (Å²) in [6.45, 7) is 12.7. The standard InChI is InChI=1S/C18H30N6O3S/c1-18(2,3)27-17(26)21-16-20-14(13-28-16)12-15(25)22-8-10-24(11-9-22)23-6-4-19-5-7-23/h13,19H,4-12H2,1-3H3,(H,20,21,26). The molecule has 0 atom stereocenters. The Balaban J connectivity index is 1.44. The second-order valence-electron chi connectivity index (χ2n) is 7.99. The molecule has 3 heterocycles. The maximum absolute atomic E-state index is 12.6. The Kier molecular flexibility index (Phi) is 6.86. The van der Waals surface area contributed by atoms with Crippen LogP contribution < -0.4 is 10.6 Å². The van der Waals surface area contributed by atoms with E-state index in [1.165, 1.54) is 11.3 Å². The fourth-order valence-corrected chi connectivity index (χ4v) is 3.96. The molecule has 156 valence electrons. The summed E-state index contributed by atoms with van der Waals surface area (Å²) in [6.07, 6.45) is -0.288. The van der Waals surface area contributed by atoms with Crippen molar-refractivity contribution in [3.8, 4) is 0 Å². The molecule has 2 aliphatic heterocycles. The molecule has 0 saturated carbocycles. The Hall–Kier alpha value is -1.75. The Bertz CT molecular complexity index is 675. The molecule has 0 radical (unpaired) electrons. The van der Waals surface area contributed by atoms with E-state index in [-0.39, 0.29) is 12.3 Å². The summed E-state index contributed by atoms with van der Waals surface area (Å²) in [6, 6.07) is 0. The number of amides is 2. The molecule has 1 aromatic heterocycles. The van der Waals surface area contributed by atoms with Gasteiger partial charge in [0.1, 0.15) is 5.60 Å². The van der Waals surface area contributed by atoms with E-state index in [2.05, 4.69) is 25.6 Å². The van der Waals surface area contributed by atoms with Crippen molar-refractivity contribution in [2.24, 2.45) is 0 Å². The smallest absolute Gasteiger partial charge is 0.413 e. The number of hydrazine groups is 1. The molecule has 0 unspecified atom stereocenters. The quantitative estimate of drug-likeness (QED) is 0.765. The maximum Gasteiger partial charge on any atom is 0.413 e. The molecule has 1 aromatic rings. The number of aromatic nitrogens is 1. The summed E-state index contributed by atoms with van der Waals surface area (Å²) in [5.74, 6) is 0.0779. The number of piperazine rings is 2. The predicted molar refractivity (Wildman–Crippen MR) is 108 cm³/mol. The average molecular weight is 411 g/mol. The molecule has 2 N–H and O–H groups in total. The number of rotatable bonds is 4. The second kappa shape index (κ2) is 9.17. The first-order valence-corrected chi connectivity index (χ1v) is 10.6. The van der Waals surface area contributed by atoms with Crippen molar-refractivity contribution in [1.82, 2.24) is 25.2 Å². The van der Waals surface area contributed by atoms with Gasteiger partial charge in [0.15, 0.2) is 5.13 Å². The van der Waals surface area contributed by atoms with E-state index >= 15 is 0 Å². The van der Waals surface area contributed by atoms with E-state index in [0.717, 1.165) is 52.4 Å². The first-order chi connectivity index (χ1) is 13.3. The lowest BCUT2D eigenvalue weighted by Gasteiger charge is -2.42. The minimum absolute atomic E-state index is 0.0779. The van der Waals surface area contributed by atoms with Crippen LogP contribution >= 0.6 is 11.3 Å². The third kappa shape index (κ3) is 6.13. The van der Waals surface area contributed by atoms with E-state index in [4.69, 9.17) is 4.74 Å². The molecule has 0 spiro atoms. The predicted octanol–water partition coefficient (Wildman–Crippen LogP) is 0.997. The Morgan fingerprint density at radius 1 is 1.14 bits per heavy atom. The van der Waals surface area contributed by atoms with Crippen molar-refractivity contribution in [1.29, 1.82) is 0 Å². The Morgan fingerprint density at radius 3 is 2.43 bits per heavy atom. The molecule has 0 bridgehead atoms. The molecule has 28 heavy (non-hydrogen) atoms. The molecule has 2 fully saturated rings. The number of carbonyl (C=O) groups is 2. The zero-order valence-corrected chi connectivity index (χ0v) is 17.7. The lowest BCUT2D eigenvalue weighted by atomic mass is 10.2. The first-order valence-electron chi connectivity index (χ1n) is 9.73. The van der Waals surface area contributed by atoms with E-state index in [1.807, 2.05) is 10.3 Å². The molecule has 3 rings (SSSR count). The molecular weight excluding hydrogens is 380 g/mol. The van der Waals surface area contributed by atoms with Gasteiger partial charge >= 0.3 is 6.09 Å². The Labute approximate surface area is 170 Å². The first kappa shape index (κ1) is 21.0. The molecule has 0 aliphatic carbocycles. The van der Waals surface area contributed by atoms with E-state index in [9.17, 15) is 9.59 Å². The van der Waals surface area contributed by atoms with Gasteiger partial charge in [-0.2, -0.15) is 0 Å². The lowest BCUT2D eigenvalue weighted by Crippen LogP contribution is -2.59. The molecule has 2 saturated heterocycles. The fraction of sp³-hybridized carbons (Fsp3) is 0.722. The van der Waals surface area contributed by atoms with Crippen LogP contribution in [0.4, 0.5) is 9.93 Å². The minimum atomic E-state index is -0.563. The summed E-state index contributed by atoms with van der Waals surface area (Å²) in [7, 11) is 0. The van der Waals surface area contributed by atoms with Crippen molar-refractivity contribution < 1.29 is 14.3 Å². The molecule has 9 nitrogen and oxygen atoms in total. The van der Waals surface area contributed by atoms with Gasteiger partial charge in [-0.3, -0.25) is 10.1 Å². The molecule has 10 heteroatoms. The molecule has 0 aromatic carbocycles. The molecular formula is C18H30N6O3S. The topological polar surface area (TPSA) is 90.0 Å². The third-order valence-corrected chi connectivity index (χ3v) is 5.40. The number of nitrogens with one attached hydrogen (secondary N) is 2. The van der Waals surface area contributed by atoms with Gasteiger partial charge in [0, 0.05) is 57.7 Å². The number of carbonyl (C=O) groups excluding carboxylic acids is 2. The number of thiazole rings is 1. The van der Waals surface area contributed by atoms with Crippen molar-refractivity contribution in [2.45, 2.75) is 32.8 Å². The lowest BCUT2D eigenvalue weighted by molar-refractivity contribution is -0.136. The summed E-state index contributed by atoms with van der Waals surface area (Å²) in [4.78, 5) is 30.7. The summed E-state index contributed by atoms with van der Waals surface area (Å²) in [5, 5.41) is 13.0. The van der Waals surface area contributed by atoms with Gasteiger partial charge in [0.05, 0.1) is 12.1 Å². The largest absolute Gasteiger partial charge is 0.444 e. The van der Waals surface area contributed by atoms with Crippen molar-refractivity contribution in [2.75, 3.05) is 57.7 Å². The number of hydrogen-bond donors (Lipinski definition) is 2. The maximum atomic E-state index is 12.6. The number of hydrogen-bond acceptors (Lipinski definition) is 8. The van der Waals surface area contributed by atoms with Crippen LogP contribution in [0, 0.1) is 0 Å². The van der Waals surface area contributed by atoms with Crippen LogP contribution in [0.3, 0.4) is 0 Å². The molecule has 2 aliphatic rings. The van der Waals surface area contributed by atoms with Gasteiger partial charge < -0.3 is 15.0 Å². The monoisotopic (exact) mass is 410 g/mol. The van der Waals surface area contributed by atoms with Gasteiger partial charge in [0.2, 0.25) is 5.91 Å². The SMILES string of the molecule is CC(C)(C)OC(=O)Nc1nc(CC(=O)N2CCN(N3CCNCC3)CC2)cs1. The summed E-state index contributed by atoms with van der Waals surface area (Å²) >= 11 is 1.30. The van der Waals surface area contributed by atoms with E-state index in [0.29, 0.717) is 10.8 Å². The number of ether oxygens (including phenoxy) is 1. The third-order valence-electron chi connectivity index (χ3n) is 4.59. The second-order valence-corrected chi connectivity index (χ2v) is 8.84. The van der Waals surface area contributed by atoms with Gasteiger partial charge in [-0.05, 0) is 20.8 Å².